The highest BCUT2D eigenvalue weighted by Crippen LogP contribution is 2.03. The number of nitrogens with one attached hydrogen (secondary N) is 1. The molecule has 1 saturated heterocycles. The van der Waals surface area contributed by atoms with Gasteiger partial charge in [-0.3, -0.25) is 4.79 Å². The zero-order chi connectivity index (χ0) is 12.8. The predicted octanol–water partition coefficient (Wildman–Crippen LogP) is 0.774. The predicted molar refractivity (Wildman–Crippen MR) is 65.5 cm³/mol. The zero-order valence-electron chi connectivity index (χ0n) is 10.2. The second-order valence-electron chi connectivity index (χ2n) is 4.23. The summed E-state index contributed by atoms with van der Waals surface area (Å²) in [6, 6.07) is 6.36. The molecule has 0 aliphatic carbocycles. The third-order valence-corrected chi connectivity index (χ3v) is 2.86. The lowest BCUT2D eigenvalue weighted by Gasteiger charge is -2.26. The zero-order valence-corrected chi connectivity index (χ0v) is 10.2. The van der Waals surface area contributed by atoms with Gasteiger partial charge in [-0.15, -0.1) is 0 Å². The van der Waals surface area contributed by atoms with E-state index in [4.69, 9.17) is 4.74 Å². The van der Waals surface area contributed by atoms with Gasteiger partial charge in [0.1, 0.15) is 5.82 Å². The van der Waals surface area contributed by atoms with Crippen LogP contribution in [0.1, 0.15) is 5.56 Å². The Hall–Kier alpha value is -1.46. The van der Waals surface area contributed by atoms with Gasteiger partial charge < -0.3 is 15.0 Å². The van der Waals surface area contributed by atoms with Crippen LogP contribution in [0.4, 0.5) is 4.39 Å². The van der Waals surface area contributed by atoms with Crippen LogP contribution in [-0.2, 0) is 16.1 Å². The SMILES string of the molecule is O=C(CNCc1cccc(F)c1)N1CCOCC1. The molecule has 1 aromatic carbocycles. The van der Waals surface area contributed by atoms with Crippen molar-refractivity contribution in [2.45, 2.75) is 6.54 Å². The minimum atomic E-state index is -0.256. The Morgan fingerprint density at radius 1 is 1.39 bits per heavy atom. The fourth-order valence-electron chi connectivity index (χ4n) is 1.89. The molecule has 0 aromatic heterocycles. The highest BCUT2D eigenvalue weighted by molar-refractivity contribution is 5.78. The van der Waals surface area contributed by atoms with Crippen LogP contribution in [0.15, 0.2) is 24.3 Å². The molecule has 1 fully saturated rings. The third-order valence-electron chi connectivity index (χ3n) is 2.86. The lowest BCUT2D eigenvalue weighted by Crippen LogP contribution is -2.44. The summed E-state index contributed by atoms with van der Waals surface area (Å²) in [5, 5.41) is 3.03. The molecule has 1 amide bonds. The number of benzene rings is 1. The summed E-state index contributed by atoms with van der Waals surface area (Å²) in [5.74, 6) is -0.191. The molecule has 0 radical (unpaired) electrons. The van der Waals surface area contributed by atoms with E-state index in [0.717, 1.165) is 5.56 Å². The molecular formula is C13H17FN2O2. The quantitative estimate of drug-likeness (QED) is 0.860. The summed E-state index contributed by atoms with van der Waals surface area (Å²) in [6.07, 6.45) is 0. The molecule has 0 atom stereocenters. The van der Waals surface area contributed by atoms with E-state index < -0.39 is 0 Å². The van der Waals surface area contributed by atoms with Crippen LogP contribution in [0.5, 0.6) is 0 Å². The number of rotatable bonds is 4. The number of hydrogen-bond donors (Lipinski definition) is 1. The number of ether oxygens (including phenoxy) is 1. The van der Waals surface area contributed by atoms with Gasteiger partial charge in [-0.05, 0) is 17.7 Å². The van der Waals surface area contributed by atoms with Gasteiger partial charge in [0.2, 0.25) is 5.91 Å². The van der Waals surface area contributed by atoms with Crippen molar-refractivity contribution in [3.8, 4) is 0 Å². The smallest absolute Gasteiger partial charge is 0.236 e. The van der Waals surface area contributed by atoms with Gasteiger partial charge in [-0.2, -0.15) is 0 Å². The number of amides is 1. The first kappa shape index (κ1) is 13.0. The molecule has 98 valence electrons. The van der Waals surface area contributed by atoms with E-state index in [-0.39, 0.29) is 18.3 Å². The van der Waals surface area contributed by atoms with Crippen LogP contribution in [0.25, 0.3) is 0 Å². The van der Waals surface area contributed by atoms with Crippen molar-refractivity contribution in [1.29, 1.82) is 0 Å². The number of nitrogens with zero attached hydrogens (tertiary/aromatic N) is 1. The Kier molecular flexibility index (Phi) is 4.66. The first-order valence-corrected chi connectivity index (χ1v) is 6.06. The molecule has 2 rings (SSSR count). The maximum absolute atomic E-state index is 12.9. The molecule has 1 N–H and O–H groups in total. The standard InChI is InChI=1S/C13H17FN2O2/c14-12-3-1-2-11(8-12)9-15-10-13(17)16-4-6-18-7-5-16/h1-3,8,15H,4-7,9-10H2. The summed E-state index contributed by atoms with van der Waals surface area (Å²) in [6.45, 7) is 3.29. The summed E-state index contributed by atoms with van der Waals surface area (Å²) >= 11 is 0. The monoisotopic (exact) mass is 252 g/mol. The Morgan fingerprint density at radius 3 is 2.89 bits per heavy atom. The number of carbonyl (C=O) groups excluding carboxylic acids is 1. The van der Waals surface area contributed by atoms with Crippen molar-refractivity contribution in [3.63, 3.8) is 0 Å². The number of carbonyl (C=O) groups is 1. The van der Waals surface area contributed by atoms with Gasteiger partial charge in [0.15, 0.2) is 0 Å². The van der Waals surface area contributed by atoms with Gasteiger partial charge in [-0.25, -0.2) is 4.39 Å². The van der Waals surface area contributed by atoms with E-state index in [1.165, 1.54) is 12.1 Å². The Morgan fingerprint density at radius 2 is 2.17 bits per heavy atom. The molecule has 1 aromatic rings. The molecular weight excluding hydrogens is 235 g/mol. The molecule has 5 heteroatoms. The average Bonchev–Trinajstić information content (AvgIpc) is 2.40. The lowest BCUT2D eigenvalue weighted by molar-refractivity contribution is -0.134. The average molecular weight is 252 g/mol. The molecule has 1 heterocycles. The van der Waals surface area contributed by atoms with Gasteiger partial charge >= 0.3 is 0 Å². The van der Waals surface area contributed by atoms with Gasteiger partial charge in [-0.1, -0.05) is 12.1 Å². The fourth-order valence-corrected chi connectivity index (χ4v) is 1.89. The highest BCUT2D eigenvalue weighted by Gasteiger charge is 2.15. The molecule has 4 nitrogen and oxygen atoms in total. The molecule has 18 heavy (non-hydrogen) atoms. The summed E-state index contributed by atoms with van der Waals surface area (Å²) in [7, 11) is 0. The maximum Gasteiger partial charge on any atom is 0.236 e. The molecule has 1 aliphatic rings. The van der Waals surface area contributed by atoms with E-state index in [2.05, 4.69) is 5.32 Å². The Balaban J connectivity index is 1.73. The van der Waals surface area contributed by atoms with Crippen molar-refractivity contribution in [1.82, 2.24) is 10.2 Å². The summed E-state index contributed by atoms with van der Waals surface area (Å²) < 4.78 is 18.1. The normalized spacial score (nSPS) is 15.7. The molecule has 0 bridgehead atoms. The van der Waals surface area contributed by atoms with E-state index >= 15 is 0 Å². The highest BCUT2D eigenvalue weighted by atomic mass is 19.1. The van der Waals surface area contributed by atoms with Crippen LogP contribution in [0.3, 0.4) is 0 Å². The Labute approximate surface area is 106 Å². The lowest BCUT2D eigenvalue weighted by atomic mass is 10.2. The van der Waals surface area contributed by atoms with Gasteiger partial charge in [0.25, 0.3) is 0 Å². The van der Waals surface area contributed by atoms with Crippen molar-refractivity contribution in [2.24, 2.45) is 0 Å². The van der Waals surface area contributed by atoms with Crippen molar-refractivity contribution < 1.29 is 13.9 Å². The second-order valence-corrected chi connectivity index (χ2v) is 4.23. The van der Waals surface area contributed by atoms with Gasteiger partial charge in [0.05, 0.1) is 19.8 Å². The summed E-state index contributed by atoms with van der Waals surface area (Å²) in [5.41, 5.74) is 0.838. The Bertz CT molecular complexity index is 406. The van der Waals surface area contributed by atoms with Crippen molar-refractivity contribution in [3.05, 3.63) is 35.6 Å². The molecule has 0 spiro atoms. The molecule has 0 saturated carbocycles. The van der Waals surface area contributed by atoms with E-state index in [9.17, 15) is 9.18 Å². The van der Waals surface area contributed by atoms with Crippen molar-refractivity contribution >= 4 is 5.91 Å². The van der Waals surface area contributed by atoms with Crippen LogP contribution in [0.2, 0.25) is 0 Å². The first-order valence-electron chi connectivity index (χ1n) is 6.06. The van der Waals surface area contributed by atoms with E-state index in [1.807, 2.05) is 6.07 Å². The number of halogens is 1. The third kappa shape index (κ3) is 3.78. The largest absolute Gasteiger partial charge is 0.378 e. The van der Waals surface area contributed by atoms with E-state index in [0.29, 0.717) is 32.8 Å². The number of morpholine rings is 1. The maximum atomic E-state index is 12.9. The topological polar surface area (TPSA) is 41.6 Å². The fraction of sp³-hybridized carbons (Fsp3) is 0.462. The first-order chi connectivity index (χ1) is 8.75. The second kappa shape index (κ2) is 6.47. The minimum absolute atomic E-state index is 0.0645. The van der Waals surface area contributed by atoms with Crippen LogP contribution < -0.4 is 5.32 Å². The van der Waals surface area contributed by atoms with Crippen LogP contribution in [-0.4, -0.2) is 43.7 Å². The molecule has 0 unspecified atom stereocenters. The van der Waals surface area contributed by atoms with E-state index in [1.54, 1.807) is 11.0 Å². The molecule has 1 aliphatic heterocycles. The van der Waals surface area contributed by atoms with Crippen LogP contribution >= 0.6 is 0 Å². The minimum Gasteiger partial charge on any atom is -0.378 e. The number of hydrogen-bond acceptors (Lipinski definition) is 3. The van der Waals surface area contributed by atoms with Crippen molar-refractivity contribution in [2.75, 3.05) is 32.8 Å². The summed E-state index contributed by atoms with van der Waals surface area (Å²) in [4.78, 5) is 13.6. The van der Waals surface area contributed by atoms with Crippen LogP contribution in [0, 0.1) is 5.82 Å². The van der Waals surface area contributed by atoms with Gasteiger partial charge in [0, 0.05) is 19.6 Å².